The summed E-state index contributed by atoms with van der Waals surface area (Å²) in [5.41, 5.74) is 1.42. The smallest absolute Gasteiger partial charge is 0.326 e. The first-order chi connectivity index (χ1) is 12.5. The van der Waals surface area contributed by atoms with E-state index >= 15 is 0 Å². The minimum absolute atomic E-state index is 0.179. The predicted molar refractivity (Wildman–Crippen MR) is 98.1 cm³/mol. The molecule has 0 spiro atoms. The second-order valence-electron chi connectivity index (χ2n) is 5.89. The second kappa shape index (κ2) is 9.36. The van der Waals surface area contributed by atoms with Gasteiger partial charge in [-0.3, -0.25) is 9.59 Å². The van der Waals surface area contributed by atoms with Crippen LogP contribution < -0.4 is 10.6 Å². The van der Waals surface area contributed by atoms with Crippen molar-refractivity contribution in [3.05, 3.63) is 71.3 Å². The summed E-state index contributed by atoms with van der Waals surface area (Å²) in [7, 11) is 0. The average Bonchev–Trinajstić information content (AvgIpc) is 2.66. The van der Waals surface area contributed by atoms with E-state index in [1.165, 1.54) is 6.07 Å². The van der Waals surface area contributed by atoms with Gasteiger partial charge in [0.1, 0.15) is 6.04 Å². The SMILES string of the molecule is CCCNC(=O)c1cccc(C(=O)NC(Cc2ccccc2)C(=O)O)c1. The van der Waals surface area contributed by atoms with E-state index in [2.05, 4.69) is 10.6 Å². The monoisotopic (exact) mass is 354 g/mol. The van der Waals surface area contributed by atoms with Gasteiger partial charge < -0.3 is 15.7 Å². The number of carbonyl (C=O) groups is 3. The summed E-state index contributed by atoms with van der Waals surface area (Å²) >= 11 is 0. The van der Waals surface area contributed by atoms with Crippen LogP contribution in [0.4, 0.5) is 0 Å². The van der Waals surface area contributed by atoms with Crippen LogP contribution in [0.2, 0.25) is 0 Å². The molecule has 0 aliphatic rings. The molecule has 0 saturated heterocycles. The molecule has 2 aromatic rings. The van der Waals surface area contributed by atoms with Crippen LogP contribution in [0, 0.1) is 0 Å². The number of carboxylic acids is 1. The fourth-order valence-corrected chi connectivity index (χ4v) is 2.43. The third kappa shape index (κ3) is 5.44. The minimum atomic E-state index is -1.11. The summed E-state index contributed by atoms with van der Waals surface area (Å²) in [6, 6.07) is 14.2. The summed E-state index contributed by atoms with van der Waals surface area (Å²) in [6.07, 6.45) is 0.990. The van der Waals surface area contributed by atoms with Crippen LogP contribution in [0.25, 0.3) is 0 Å². The molecule has 2 aromatic carbocycles. The van der Waals surface area contributed by atoms with Crippen molar-refractivity contribution in [3.8, 4) is 0 Å². The first kappa shape index (κ1) is 19.2. The van der Waals surface area contributed by atoms with Gasteiger partial charge in [0, 0.05) is 24.1 Å². The maximum atomic E-state index is 12.4. The number of aliphatic carboxylic acids is 1. The molecule has 0 fully saturated rings. The summed E-state index contributed by atoms with van der Waals surface area (Å²) in [4.78, 5) is 35.9. The van der Waals surface area contributed by atoms with Gasteiger partial charge in [0.2, 0.25) is 0 Å². The molecule has 1 unspecified atom stereocenters. The zero-order valence-corrected chi connectivity index (χ0v) is 14.6. The molecule has 0 aliphatic heterocycles. The van der Waals surface area contributed by atoms with Crippen LogP contribution in [0.3, 0.4) is 0 Å². The van der Waals surface area contributed by atoms with Crippen LogP contribution >= 0.6 is 0 Å². The molecule has 0 bridgehead atoms. The highest BCUT2D eigenvalue weighted by Crippen LogP contribution is 2.08. The van der Waals surface area contributed by atoms with Crippen LogP contribution in [0.5, 0.6) is 0 Å². The van der Waals surface area contributed by atoms with Crippen LogP contribution in [0.1, 0.15) is 39.6 Å². The largest absolute Gasteiger partial charge is 0.480 e. The lowest BCUT2D eigenvalue weighted by Gasteiger charge is -2.15. The lowest BCUT2D eigenvalue weighted by Crippen LogP contribution is -2.42. The Morgan fingerprint density at radius 3 is 2.23 bits per heavy atom. The molecule has 6 nitrogen and oxygen atoms in total. The number of benzene rings is 2. The van der Waals surface area contributed by atoms with Gasteiger partial charge in [-0.25, -0.2) is 4.79 Å². The number of carboxylic acid groups (broad SMARTS) is 1. The average molecular weight is 354 g/mol. The Morgan fingerprint density at radius 2 is 1.62 bits per heavy atom. The van der Waals surface area contributed by atoms with Crippen molar-refractivity contribution >= 4 is 17.8 Å². The van der Waals surface area contributed by atoms with E-state index in [9.17, 15) is 19.5 Å². The van der Waals surface area contributed by atoms with E-state index in [4.69, 9.17) is 0 Å². The minimum Gasteiger partial charge on any atom is -0.480 e. The number of nitrogens with one attached hydrogen (secondary N) is 2. The fraction of sp³-hybridized carbons (Fsp3) is 0.250. The molecule has 0 radical (unpaired) electrons. The quantitative estimate of drug-likeness (QED) is 0.677. The van der Waals surface area contributed by atoms with Crippen molar-refractivity contribution in [1.29, 1.82) is 0 Å². The Kier molecular flexibility index (Phi) is 6.91. The summed E-state index contributed by atoms with van der Waals surface area (Å²) in [5.74, 6) is -1.90. The highest BCUT2D eigenvalue weighted by Gasteiger charge is 2.21. The molecule has 2 rings (SSSR count). The van der Waals surface area contributed by atoms with Crippen LogP contribution in [-0.4, -0.2) is 35.5 Å². The van der Waals surface area contributed by atoms with Crippen LogP contribution in [-0.2, 0) is 11.2 Å². The maximum Gasteiger partial charge on any atom is 0.326 e. The standard InChI is InChI=1S/C20H22N2O4/c1-2-11-21-18(23)15-9-6-10-16(13-15)19(24)22-17(20(25)26)12-14-7-4-3-5-8-14/h3-10,13,17H,2,11-12H2,1H3,(H,21,23)(H,22,24)(H,25,26). The Labute approximate surface area is 152 Å². The highest BCUT2D eigenvalue weighted by molar-refractivity contribution is 6.00. The summed E-state index contributed by atoms with van der Waals surface area (Å²) in [6.45, 7) is 2.50. The maximum absolute atomic E-state index is 12.4. The summed E-state index contributed by atoms with van der Waals surface area (Å²) < 4.78 is 0. The highest BCUT2D eigenvalue weighted by atomic mass is 16.4. The van der Waals surface area contributed by atoms with Crippen LogP contribution in [0.15, 0.2) is 54.6 Å². The normalized spacial score (nSPS) is 11.4. The first-order valence-corrected chi connectivity index (χ1v) is 8.47. The molecule has 3 N–H and O–H groups in total. The van der Waals surface area contributed by atoms with Gasteiger partial charge in [-0.15, -0.1) is 0 Å². The van der Waals surface area contributed by atoms with E-state index in [0.29, 0.717) is 12.1 Å². The number of rotatable bonds is 8. The second-order valence-corrected chi connectivity index (χ2v) is 5.89. The molecule has 0 saturated carbocycles. The predicted octanol–water partition coefficient (Wildman–Crippen LogP) is 2.25. The van der Waals surface area contributed by atoms with E-state index in [0.717, 1.165) is 12.0 Å². The van der Waals surface area contributed by atoms with Gasteiger partial charge in [0.05, 0.1) is 0 Å². The lowest BCUT2D eigenvalue weighted by molar-refractivity contribution is -0.139. The van der Waals surface area contributed by atoms with Gasteiger partial charge in [0.15, 0.2) is 0 Å². The molecule has 6 heteroatoms. The number of amides is 2. The van der Waals surface area contributed by atoms with Gasteiger partial charge in [-0.1, -0.05) is 43.3 Å². The molecule has 0 aromatic heterocycles. The molecular formula is C20H22N2O4. The van der Waals surface area contributed by atoms with Gasteiger partial charge in [0.25, 0.3) is 11.8 Å². The third-order valence-electron chi connectivity index (χ3n) is 3.81. The van der Waals surface area contributed by atoms with Crippen molar-refractivity contribution in [2.75, 3.05) is 6.54 Å². The zero-order chi connectivity index (χ0) is 18.9. The van der Waals surface area contributed by atoms with Gasteiger partial charge >= 0.3 is 5.97 Å². The zero-order valence-electron chi connectivity index (χ0n) is 14.6. The molecule has 0 aliphatic carbocycles. The Bertz CT molecular complexity index is 774. The molecule has 26 heavy (non-hydrogen) atoms. The molecule has 1 atom stereocenters. The lowest BCUT2D eigenvalue weighted by atomic mass is 10.0. The van der Waals surface area contributed by atoms with Crippen molar-refractivity contribution in [2.45, 2.75) is 25.8 Å². The molecule has 0 heterocycles. The molecule has 136 valence electrons. The Hall–Kier alpha value is -3.15. The van der Waals surface area contributed by atoms with Crippen molar-refractivity contribution < 1.29 is 19.5 Å². The van der Waals surface area contributed by atoms with E-state index in [-0.39, 0.29) is 17.9 Å². The van der Waals surface area contributed by atoms with Crippen molar-refractivity contribution in [3.63, 3.8) is 0 Å². The van der Waals surface area contributed by atoms with Gasteiger partial charge in [-0.2, -0.15) is 0 Å². The van der Waals surface area contributed by atoms with Crippen molar-refractivity contribution in [1.82, 2.24) is 10.6 Å². The fourth-order valence-electron chi connectivity index (χ4n) is 2.43. The third-order valence-corrected chi connectivity index (χ3v) is 3.81. The van der Waals surface area contributed by atoms with E-state index < -0.39 is 17.9 Å². The first-order valence-electron chi connectivity index (χ1n) is 8.47. The Morgan fingerprint density at radius 1 is 0.962 bits per heavy atom. The topological polar surface area (TPSA) is 95.5 Å². The molecular weight excluding hydrogens is 332 g/mol. The number of hydrogen-bond acceptors (Lipinski definition) is 3. The van der Waals surface area contributed by atoms with Crippen molar-refractivity contribution in [2.24, 2.45) is 0 Å². The number of carbonyl (C=O) groups excluding carboxylic acids is 2. The van der Waals surface area contributed by atoms with E-state index in [1.54, 1.807) is 30.3 Å². The summed E-state index contributed by atoms with van der Waals surface area (Å²) in [5, 5.41) is 14.7. The van der Waals surface area contributed by atoms with E-state index in [1.807, 2.05) is 25.1 Å². The number of hydrogen-bond donors (Lipinski definition) is 3. The Balaban J connectivity index is 2.09. The molecule has 2 amide bonds. The van der Waals surface area contributed by atoms with Gasteiger partial charge in [-0.05, 0) is 30.2 Å².